The third-order valence-electron chi connectivity index (χ3n) is 6.89. The molecule has 5 rings (SSSR count). The van der Waals surface area contributed by atoms with E-state index in [1.807, 2.05) is 60.6 Å². The number of amides is 2. The fourth-order valence-corrected chi connectivity index (χ4v) is 4.81. The van der Waals surface area contributed by atoms with E-state index in [1.165, 1.54) is 0 Å². The van der Waals surface area contributed by atoms with Crippen LogP contribution >= 0.6 is 0 Å². The summed E-state index contributed by atoms with van der Waals surface area (Å²) in [7, 11) is 5.58. The molecule has 1 N–H and O–H groups in total. The lowest BCUT2D eigenvalue weighted by molar-refractivity contribution is 0.0868. The highest BCUT2D eigenvalue weighted by molar-refractivity contribution is 6.01. The number of carbonyl (C=O) groups excluding carboxylic acids is 1. The summed E-state index contributed by atoms with van der Waals surface area (Å²) in [5.41, 5.74) is 4.76. The number of fused-ring (bicyclic) bond motifs is 1. The van der Waals surface area contributed by atoms with Crippen molar-refractivity contribution in [2.45, 2.75) is 25.9 Å². The summed E-state index contributed by atoms with van der Waals surface area (Å²) in [6, 6.07) is 14.0. The molecule has 1 aliphatic heterocycles. The van der Waals surface area contributed by atoms with Gasteiger partial charge >= 0.3 is 6.03 Å². The van der Waals surface area contributed by atoms with Crippen molar-refractivity contribution in [2.24, 2.45) is 7.05 Å². The molecule has 2 atom stereocenters. The van der Waals surface area contributed by atoms with E-state index in [1.54, 1.807) is 18.1 Å². The molecule has 1 aliphatic rings. The van der Waals surface area contributed by atoms with Gasteiger partial charge in [0.1, 0.15) is 17.8 Å². The van der Waals surface area contributed by atoms with Crippen LogP contribution in [0, 0.1) is 0 Å². The molecule has 0 bridgehead atoms. The molecule has 0 radical (unpaired) electrons. The molecule has 186 valence electrons. The number of aryl methyl sites for hydroxylation is 1. The number of ether oxygens (including phenoxy) is 1. The third-order valence-corrected chi connectivity index (χ3v) is 6.89. The van der Waals surface area contributed by atoms with Gasteiger partial charge in [0.25, 0.3) is 0 Å². The van der Waals surface area contributed by atoms with Gasteiger partial charge in [-0.15, -0.1) is 0 Å². The van der Waals surface area contributed by atoms with Crippen molar-refractivity contribution >= 4 is 22.6 Å². The van der Waals surface area contributed by atoms with Crippen molar-refractivity contribution in [2.75, 3.05) is 32.6 Å². The van der Waals surface area contributed by atoms with Gasteiger partial charge in [-0.1, -0.05) is 30.3 Å². The second-order valence-corrected chi connectivity index (χ2v) is 9.44. The highest BCUT2D eigenvalue weighted by Gasteiger charge is 2.30. The van der Waals surface area contributed by atoms with Crippen LogP contribution in [0.25, 0.3) is 33.4 Å². The van der Waals surface area contributed by atoms with E-state index in [0.29, 0.717) is 18.0 Å². The van der Waals surface area contributed by atoms with Crippen LogP contribution in [0.4, 0.5) is 10.5 Å². The van der Waals surface area contributed by atoms with Gasteiger partial charge < -0.3 is 15.0 Å². The third kappa shape index (κ3) is 4.37. The minimum absolute atomic E-state index is 0.0976. The maximum Gasteiger partial charge on any atom is 0.322 e. The lowest BCUT2D eigenvalue weighted by Crippen LogP contribution is -2.57. The largest absolute Gasteiger partial charge is 0.494 e. The number of aromatic nitrogens is 4. The van der Waals surface area contributed by atoms with Gasteiger partial charge in [0.05, 0.1) is 24.0 Å². The van der Waals surface area contributed by atoms with Gasteiger partial charge in [-0.25, -0.2) is 14.8 Å². The van der Waals surface area contributed by atoms with Gasteiger partial charge in [0.2, 0.25) is 0 Å². The number of benzene rings is 2. The van der Waals surface area contributed by atoms with Crippen LogP contribution in [0.3, 0.4) is 0 Å². The molecular formula is C27H31N7O2. The van der Waals surface area contributed by atoms with Crippen LogP contribution in [0.5, 0.6) is 5.75 Å². The van der Waals surface area contributed by atoms with Crippen LogP contribution in [-0.2, 0) is 7.05 Å². The number of urea groups is 1. The maximum atomic E-state index is 13.3. The Labute approximate surface area is 210 Å². The Kier molecular flexibility index (Phi) is 6.32. The standard InChI is InChI=1S/C27H31N7O2/c1-17-14-34(18(2)13-32(17)3)27(35)30-23-11-20-22(12-24(23)36-5)28-16-29-26(20)21-15-33(4)31-25(21)19-9-7-6-8-10-19/h6-12,15-18H,13-14H2,1-5H3,(H,30,35)/t17-,18-/m0/s1. The number of carbonyl (C=O) groups is 1. The van der Waals surface area contributed by atoms with E-state index in [4.69, 9.17) is 9.84 Å². The molecule has 9 nitrogen and oxygen atoms in total. The molecule has 2 aromatic carbocycles. The first-order chi connectivity index (χ1) is 17.4. The quantitative estimate of drug-likeness (QED) is 0.465. The molecule has 0 aliphatic carbocycles. The van der Waals surface area contributed by atoms with Gasteiger partial charge in [0, 0.05) is 61.0 Å². The van der Waals surface area contributed by atoms with Gasteiger partial charge in [-0.2, -0.15) is 5.10 Å². The summed E-state index contributed by atoms with van der Waals surface area (Å²) in [5, 5.41) is 8.59. The Balaban J connectivity index is 1.57. The number of hydrogen-bond donors (Lipinski definition) is 1. The molecule has 1 saturated heterocycles. The highest BCUT2D eigenvalue weighted by Crippen LogP contribution is 2.37. The molecule has 0 unspecified atom stereocenters. The SMILES string of the molecule is COc1cc2ncnc(-c3cn(C)nc3-c3ccccc3)c2cc1NC(=O)N1C[C@H](C)N(C)C[C@@H]1C. The zero-order chi connectivity index (χ0) is 25.4. The van der Waals surface area contributed by atoms with E-state index in [9.17, 15) is 4.79 Å². The minimum Gasteiger partial charge on any atom is -0.494 e. The molecule has 36 heavy (non-hydrogen) atoms. The Bertz CT molecular complexity index is 1400. The van der Waals surface area contributed by atoms with Crippen molar-refractivity contribution in [3.63, 3.8) is 0 Å². The molecular weight excluding hydrogens is 454 g/mol. The lowest BCUT2D eigenvalue weighted by atomic mass is 10.0. The number of piperazine rings is 1. The molecule has 1 fully saturated rings. The lowest BCUT2D eigenvalue weighted by Gasteiger charge is -2.42. The monoisotopic (exact) mass is 485 g/mol. The first kappa shape index (κ1) is 23.7. The minimum atomic E-state index is -0.148. The summed E-state index contributed by atoms with van der Waals surface area (Å²) in [6.07, 6.45) is 3.50. The Morgan fingerprint density at radius 1 is 1.03 bits per heavy atom. The van der Waals surface area contributed by atoms with Gasteiger partial charge in [-0.3, -0.25) is 9.58 Å². The van der Waals surface area contributed by atoms with Crippen molar-refractivity contribution in [1.29, 1.82) is 0 Å². The van der Waals surface area contributed by atoms with Crippen molar-refractivity contribution < 1.29 is 9.53 Å². The average Bonchev–Trinajstić information content (AvgIpc) is 3.27. The van der Waals surface area contributed by atoms with Crippen LogP contribution in [0.15, 0.2) is 55.0 Å². The molecule has 3 heterocycles. The summed E-state index contributed by atoms with van der Waals surface area (Å²) >= 11 is 0. The Hall–Kier alpha value is -3.98. The van der Waals surface area contributed by atoms with Gasteiger partial charge in [-0.05, 0) is 27.0 Å². The maximum absolute atomic E-state index is 13.3. The van der Waals surface area contributed by atoms with Crippen LogP contribution in [0.1, 0.15) is 13.8 Å². The second-order valence-electron chi connectivity index (χ2n) is 9.44. The highest BCUT2D eigenvalue weighted by atomic mass is 16.5. The summed E-state index contributed by atoms with van der Waals surface area (Å²) in [6.45, 7) is 5.68. The van der Waals surface area contributed by atoms with Crippen LogP contribution in [-0.4, -0.2) is 74.9 Å². The number of anilines is 1. The van der Waals surface area contributed by atoms with Crippen molar-refractivity contribution in [1.82, 2.24) is 29.5 Å². The van der Waals surface area contributed by atoms with E-state index < -0.39 is 0 Å². The molecule has 4 aromatic rings. The number of likely N-dealkylation sites (N-methyl/N-ethyl adjacent to an activating group) is 1. The Morgan fingerprint density at radius 3 is 2.56 bits per heavy atom. The number of methoxy groups -OCH3 is 1. The summed E-state index contributed by atoms with van der Waals surface area (Å²) in [4.78, 5) is 26.6. The molecule has 0 saturated carbocycles. The van der Waals surface area contributed by atoms with E-state index >= 15 is 0 Å². The fourth-order valence-electron chi connectivity index (χ4n) is 4.81. The van der Waals surface area contributed by atoms with E-state index in [2.05, 4.69) is 41.1 Å². The topological polar surface area (TPSA) is 88.4 Å². The zero-order valence-electron chi connectivity index (χ0n) is 21.3. The van der Waals surface area contributed by atoms with E-state index in [0.717, 1.165) is 40.0 Å². The molecule has 2 aromatic heterocycles. The summed E-state index contributed by atoms with van der Waals surface area (Å²) in [5.74, 6) is 0.546. The van der Waals surface area contributed by atoms with Crippen LogP contribution in [0.2, 0.25) is 0 Å². The van der Waals surface area contributed by atoms with Crippen molar-refractivity contribution in [3.05, 3.63) is 55.0 Å². The molecule has 9 heteroatoms. The molecule has 0 spiro atoms. The zero-order valence-corrected chi connectivity index (χ0v) is 21.3. The second kappa shape index (κ2) is 9.58. The smallest absolute Gasteiger partial charge is 0.322 e. The van der Waals surface area contributed by atoms with Crippen molar-refractivity contribution in [3.8, 4) is 28.3 Å². The van der Waals surface area contributed by atoms with Crippen LogP contribution < -0.4 is 10.1 Å². The average molecular weight is 486 g/mol. The first-order valence-electron chi connectivity index (χ1n) is 12.1. The fraction of sp³-hybridized carbons (Fsp3) is 0.333. The first-order valence-corrected chi connectivity index (χ1v) is 12.1. The number of nitrogens with one attached hydrogen (secondary N) is 1. The predicted octanol–water partition coefficient (Wildman–Crippen LogP) is 4.26. The normalized spacial score (nSPS) is 18.4. The molecule has 2 amide bonds. The number of rotatable bonds is 4. The number of hydrogen-bond acceptors (Lipinski definition) is 6. The summed E-state index contributed by atoms with van der Waals surface area (Å²) < 4.78 is 7.42. The van der Waals surface area contributed by atoms with E-state index in [-0.39, 0.29) is 18.1 Å². The Morgan fingerprint density at radius 2 is 1.81 bits per heavy atom. The predicted molar refractivity (Wildman–Crippen MR) is 141 cm³/mol. The van der Waals surface area contributed by atoms with Gasteiger partial charge in [0.15, 0.2) is 0 Å². The number of nitrogens with zero attached hydrogens (tertiary/aromatic N) is 6.